The summed E-state index contributed by atoms with van der Waals surface area (Å²) in [5.74, 6) is 1.05. The van der Waals surface area contributed by atoms with Crippen molar-refractivity contribution in [3.63, 3.8) is 0 Å². The Morgan fingerprint density at radius 2 is 1.96 bits per heavy atom. The van der Waals surface area contributed by atoms with Crippen molar-refractivity contribution in [2.45, 2.75) is 13.3 Å². The molecule has 1 aliphatic rings. The van der Waals surface area contributed by atoms with Crippen LogP contribution in [0.5, 0.6) is 0 Å². The molecule has 0 amide bonds. The number of anilines is 1. The van der Waals surface area contributed by atoms with Crippen LogP contribution in [0.4, 0.5) is 5.82 Å². The number of halogens is 2. The van der Waals surface area contributed by atoms with Gasteiger partial charge in [-0.15, -0.1) is 0 Å². The van der Waals surface area contributed by atoms with Crippen molar-refractivity contribution in [1.82, 2.24) is 9.78 Å². The third-order valence-electron chi connectivity index (χ3n) is 4.22. The zero-order chi connectivity index (χ0) is 16.0. The molecule has 1 aliphatic heterocycles. The molecule has 2 aromatic carbocycles. The predicted molar refractivity (Wildman–Crippen MR) is 96.0 cm³/mol. The number of hydrogen-bond acceptors (Lipinski definition) is 2. The molecule has 1 aromatic heterocycles. The Labute approximate surface area is 144 Å². The Hall–Kier alpha value is -1.97. The number of benzene rings is 2. The molecule has 0 atom stereocenters. The number of aromatic nitrogens is 2. The molecule has 4 rings (SSSR count). The van der Waals surface area contributed by atoms with Gasteiger partial charge in [0.25, 0.3) is 0 Å². The van der Waals surface area contributed by atoms with Crippen LogP contribution in [-0.2, 0) is 6.42 Å². The van der Waals surface area contributed by atoms with E-state index in [1.807, 2.05) is 54.1 Å². The highest BCUT2D eigenvalue weighted by atomic mass is 35.5. The molecule has 2 heterocycles. The zero-order valence-electron chi connectivity index (χ0n) is 12.6. The Morgan fingerprint density at radius 3 is 2.78 bits per heavy atom. The monoisotopic (exact) mass is 343 g/mol. The third-order valence-corrected chi connectivity index (χ3v) is 4.86. The second-order valence-electron chi connectivity index (χ2n) is 5.66. The van der Waals surface area contributed by atoms with Crippen LogP contribution in [0.15, 0.2) is 42.5 Å². The lowest BCUT2D eigenvalue weighted by molar-refractivity contribution is 0.875. The minimum absolute atomic E-state index is 0.718. The first-order valence-electron chi connectivity index (χ1n) is 7.52. The molecule has 0 saturated carbocycles. The normalized spacial score (nSPS) is 13.0. The number of hydrogen-bond donors (Lipinski definition) is 1. The first-order valence-corrected chi connectivity index (χ1v) is 8.28. The smallest absolute Gasteiger partial charge is 0.133 e. The zero-order valence-corrected chi connectivity index (χ0v) is 14.1. The Bertz CT molecular complexity index is 899. The fraction of sp³-hybridized carbons (Fsp3) is 0.167. The molecule has 0 unspecified atom stereocenters. The van der Waals surface area contributed by atoms with E-state index in [0.29, 0.717) is 0 Å². The van der Waals surface area contributed by atoms with Gasteiger partial charge in [0.05, 0.1) is 11.4 Å². The molecule has 3 aromatic rings. The van der Waals surface area contributed by atoms with Crippen molar-refractivity contribution in [2.24, 2.45) is 0 Å². The largest absolute Gasteiger partial charge is 0.369 e. The van der Waals surface area contributed by atoms with Crippen molar-refractivity contribution >= 4 is 29.0 Å². The lowest BCUT2D eigenvalue weighted by Gasteiger charge is -2.10. The van der Waals surface area contributed by atoms with E-state index in [9.17, 15) is 0 Å². The van der Waals surface area contributed by atoms with Gasteiger partial charge in [0.15, 0.2) is 0 Å². The van der Waals surface area contributed by atoms with Crippen LogP contribution in [-0.4, -0.2) is 16.3 Å². The molecule has 0 fully saturated rings. The first-order chi connectivity index (χ1) is 11.1. The quantitative estimate of drug-likeness (QED) is 0.699. The highest BCUT2D eigenvalue weighted by Gasteiger charge is 2.24. The van der Waals surface area contributed by atoms with Gasteiger partial charge in [0.2, 0.25) is 0 Å². The van der Waals surface area contributed by atoms with Gasteiger partial charge >= 0.3 is 0 Å². The van der Waals surface area contributed by atoms with E-state index < -0.39 is 0 Å². The van der Waals surface area contributed by atoms with E-state index in [2.05, 4.69) is 5.32 Å². The van der Waals surface area contributed by atoms with Crippen molar-refractivity contribution in [3.05, 3.63) is 63.6 Å². The summed E-state index contributed by atoms with van der Waals surface area (Å²) in [4.78, 5) is 0. The molecule has 23 heavy (non-hydrogen) atoms. The minimum Gasteiger partial charge on any atom is -0.369 e. The molecule has 0 radical (unpaired) electrons. The van der Waals surface area contributed by atoms with Gasteiger partial charge in [-0.3, -0.25) is 0 Å². The lowest BCUT2D eigenvalue weighted by atomic mass is 10.1. The second-order valence-corrected chi connectivity index (χ2v) is 6.50. The summed E-state index contributed by atoms with van der Waals surface area (Å²) < 4.78 is 1.96. The topological polar surface area (TPSA) is 29.9 Å². The van der Waals surface area contributed by atoms with E-state index in [4.69, 9.17) is 28.3 Å². The molecule has 0 spiro atoms. The van der Waals surface area contributed by atoms with Gasteiger partial charge in [-0.1, -0.05) is 41.4 Å². The van der Waals surface area contributed by atoms with E-state index >= 15 is 0 Å². The summed E-state index contributed by atoms with van der Waals surface area (Å²) in [6, 6.07) is 13.7. The van der Waals surface area contributed by atoms with Crippen molar-refractivity contribution < 1.29 is 0 Å². The van der Waals surface area contributed by atoms with E-state index in [0.717, 1.165) is 51.3 Å². The number of fused-ring (bicyclic) bond motifs is 1. The number of nitrogens with one attached hydrogen (secondary N) is 1. The molecular formula is C18H15Cl2N3. The second kappa shape index (κ2) is 5.59. The maximum atomic E-state index is 6.28. The van der Waals surface area contributed by atoms with Gasteiger partial charge < -0.3 is 5.32 Å². The number of rotatable bonds is 2. The van der Waals surface area contributed by atoms with Crippen LogP contribution >= 0.6 is 23.2 Å². The molecule has 0 saturated heterocycles. The van der Waals surface area contributed by atoms with Crippen LogP contribution in [0.25, 0.3) is 16.9 Å². The highest BCUT2D eigenvalue weighted by molar-refractivity contribution is 6.31. The Kier molecular flexibility index (Phi) is 3.55. The van der Waals surface area contributed by atoms with Crippen molar-refractivity contribution in [2.75, 3.05) is 11.9 Å². The summed E-state index contributed by atoms with van der Waals surface area (Å²) in [5.41, 5.74) is 5.26. The summed E-state index contributed by atoms with van der Waals surface area (Å²) in [7, 11) is 0. The molecular weight excluding hydrogens is 329 g/mol. The van der Waals surface area contributed by atoms with Gasteiger partial charge in [-0.05, 0) is 43.2 Å². The van der Waals surface area contributed by atoms with Gasteiger partial charge in [0.1, 0.15) is 5.82 Å². The Morgan fingerprint density at radius 1 is 1.13 bits per heavy atom. The number of nitrogens with zero attached hydrogens (tertiary/aromatic N) is 2. The molecule has 1 N–H and O–H groups in total. The fourth-order valence-electron chi connectivity index (χ4n) is 3.04. The van der Waals surface area contributed by atoms with Crippen LogP contribution < -0.4 is 5.32 Å². The summed E-state index contributed by atoms with van der Waals surface area (Å²) in [5, 5.41) is 9.76. The maximum Gasteiger partial charge on any atom is 0.133 e. The fourth-order valence-corrected chi connectivity index (χ4v) is 3.40. The lowest BCUT2D eigenvalue weighted by Crippen LogP contribution is -2.05. The first kappa shape index (κ1) is 14.6. The summed E-state index contributed by atoms with van der Waals surface area (Å²) in [6.07, 6.45) is 0.955. The average Bonchev–Trinajstić information content (AvgIpc) is 3.12. The molecule has 0 bridgehead atoms. The van der Waals surface area contributed by atoms with Crippen molar-refractivity contribution in [3.8, 4) is 16.9 Å². The van der Waals surface area contributed by atoms with Gasteiger partial charge in [-0.25, -0.2) is 4.68 Å². The standard InChI is InChI=1S/C18H15Cl2N3/c1-11-15(20)6-3-7-16(11)23-18-14(8-9-21-18)17(22-23)12-4-2-5-13(19)10-12/h2-7,10,21H,8-9H2,1H3. The SMILES string of the molecule is Cc1c(Cl)cccc1-n1nc(-c2cccc(Cl)c2)c2c1NCC2. The molecule has 0 aliphatic carbocycles. The third kappa shape index (κ3) is 2.41. The summed E-state index contributed by atoms with van der Waals surface area (Å²) in [6.45, 7) is 2.93. The van der Waals surface area contributed by atoms with E-state index in [1.165, 1.54) is 5.56 Å². The van der Waals surface area contributed by atoms with E-state index in [-0.39, 0.29) is 0 Å². The molecule has 5 heteroatoms. The predicted octanol–water partition coefficient (Wildman–Crippen LogP) is 5.12. The molecule has 3 nitrogen and oxygen atoms in total. The van der Waals surface area contributed by atoms with E-state index in [1.54, 1.807) is 0 Å². The van der Waals surface area contributed by atoms with Crippen LogP contribution in [0, 0.1) is 6.92 Å². The van der Waals surface area contributed by atoms with Gasteiger partial charge in [-0.2, -0.15) is 5.10 Å². The van der Waals surface area contributed by atoms with Crippen LogP contribution in [0.3, 0.4) is 0 Å². The van der Waals surface area contributed by atoms with Crippen LogP contribution in [0.2, 0.25) is 10.0 Å². The van der Waals surface area contributed by atoms with Gasteiger partial charge in [0, 0.05) is 27.7 Å². The van der Waals surface area contributed by atoms with Crippen molar-refractivity contribution in [1.29, 1.82) is 0 Å². The average molecular weight is 344 g/mol. The van der Waals surface area contributed by atoms with Crippen LogP contribution in [0.1, 0.15) is 11.1 Å². The Balaban J connectivity index is 1.93. The summed E-state index contributed by atoms with van der Waals surface area (Å²) >= 11 is 12.4. The minimum atomic E-state index is 0.718. The highest BCUT2D eigenvalue weighted by Crippen LogP contribution is 2.36. The maximum absolute atomic E-state index is 6.28. The molecule has 116 valence electrons.